The number of halogens is 1. The van der Waals surface area contributed by atoms with Crippen LogP contribution >= 0.6 is 23.8 Å². The molecule has 2 aliphatic rings. The van der Waals surface area contributed by atoms with Gasteiger partial charge in [0.1, 0.15) is 0 Å². The van der Waals surface area contributed by atoms with E-state index in [0.717, 1.165) is 22.0 Å². The van der Waals surface area contributed by atoms with Gasteiger partial charge in [0.15, 0.2) is 5.11 Å². The summed E-state index contributed by atoms with van der Waals surface area (Å²) in [5.74, 6) is 0. The lowest BCUT2D eigenvalue weighted by molar-refractivity contribution is 0.164. The molecule has 0 amide bonds. The minimum Gasteiger partial charge on any atom is -0.383 e. The molecule has 3 heterocycles. The molecule has 1 aromatic heterocycles. The Hall–Kier alpha value is -2.15. The van der Waals surface area contributed by atoms with Gasteiger partial charge in [0.2, 0.25) is 0 Å². The summed E-state index contributed by atoms with van der Waals surface area (Å²) in [7, 11) is 3.82. The number of nitrogens with one attached hydrogen (secondary N) is 1. The smallest absolute Gasteiger partial charge is 0.170 e. The van der Waals surface area contributed by atoms with Crippen molar-refractivity contribution in [2.45, 2.75) is 38.4 Å². The minimum absolute atomic E-state index is 0.0700. The molecule has 0 saturated carbocycles. The first-order valence-electron chi connectivity index (χ1n) is 10.5. The van der Waals surface area contributed by atoms with Crippen LogP contribution in [-0.4, -0.2) is 47.8 Å². The van der Waals surface area contributed by atoms with Crippen molar-refractivity contribution in [2.75, 3.05) is 32.2 Å². The van der Waals surface area contributed by atoms with Crippen LogP contribution in [0, 0.1) is 0 Å². The van der Waals surface area contributed by atoms with Crippen LogP contribution < -0.4 is 10.2 Å². The van der Waals surface area contributed by atoms with Crippen LogP contribution in [0.2, 0.25) is 5.02 Å². The fourth-order valence-electron chi connectivity index (χ4n) is 4.59. The summed E-state index contributed by atoms with van der Waals surface area (Å²) in [6.07, 6.45) is 4.12. The molecular formula is C24H29ClN4OS. The number of anilines is 1. The van der Waals surface area contributed by atoms with Gasteiger partial charge in [0.05, 0.1) is 29.9 Å². The van der Waals surface area contributed by atoms with Gasteiger partial charge in [-0.2, -0.15) is 0 Å². The van der Waals surface area contributed by atoms with Gasteiger partial charge in [0.25, 0.3) is 0 Å². The van der Waals surface area contributed by atoms with E-state index < -0.39 is 0 Å². The maximum absolute atomic E-state index is 6.95. The van der Waals surface area contributed by atoms with Crippen LogP contribution in [0.1, 0.15) is 49.7 Å². The van der Waals surface area contributed by atoms with E-state index in [4.69, 9.17) is 28.6 Å². The molecule has 2 atom stereocenters. The number of nitrogens with zero attached hydrogens (tertiary/aromatic N) is 3. The molecule has 4 rings (SSSR count). The van der Waals surface area contributed by atoms with Crippen LogP contribution in [-0.2, 0) is 4.74 Å². The molecule has 0 unspecified atom stereocenters. The van der Waals surface area contributed by atoms with E-state index >= 15 is 0 Å². The van der Waals surface area contributed by atoms with Gasteiger partial charge in [-0.15, -0.1) is 0 Å². The highest BCUT2D eigenvalue weighted by molar-refractivity contribution is 7.80. The zero-order valence-corrected chi connectivity index (χ0v) is 20.2. The number of fused-ring (bicyclic) bond motifs is 1. The van der Waals surface area contributed by atoms with Crippen LogP contribution in [0.4, 0.5) is 5.69 Å². The summed E-state index contributed by atoms with van der Waals surface area (Å²) in [4.78, 5) is 9.05. The standard InChI is InChI=1S/C24H29ClN4OS/c1-15-14-24(2,3)28(4)20-13-18(25)17(12-16(15)20)22-21(19-8-6-7-9-26-19)27-23(31)29(22)10-11-30-5/h6-9,12-14,21-22H,10-11H2,1-5H3,(H,27,31)/t21-,22+/m0/s1. The molecule has 2 aliphatic heterocycles. The number of methoxy groups -OCH3 is 1. The zero-order chi connectivity index (χ0) is 22.3. The van der Waals surface area contributed by atoms with Gasteiger partial charge in [0, 0.05) is 43.2 Å². The molecule has 1 saturated heterocycles. The number of thiocarbonyl (C=S) groups is 1. The molecule has 164 valence electrons. The molecule has 0 spiro atoms. The van der Waals surface area contributed by atoms with Crippen molar-refractivity contribution >= 4 is 40.2 Å². The molecule has 2 aromatic rings. The maximum Gasteiger partial charge on any atom is 0.170 e. The van der Waals surface area contributed by atoms with Gasteiger partial charge >= 0.3 is 0 Å². The highest BCUT2D eigenvalue weighted by atomic mass is 35.5. The first kappa shape index (κ1) is 22.1. The Labute approximate surface area is 195 Å². The van der Waals surface area contributed by atoms with E-state index in [0.29, 0.717) is 18.3 Å². The van der Waals surface area contributed by atoms with Crippen molar-refractivity contribution in [3.63, 3.8) is 0 Å². The lowest BCUT2D eigenvalue weighted by Gasteiger charge is -2.41. The highest BCUT2D eigenvalue weighted by Gasteiger charge is 2.41. The highest BCUT2D eigenvalue weighted by Crippen LogP contribution is 2.46. The summed E-state index contributed by atoms with van der Waals surface area (Å²) in [6, 6.07) is 10.1. The van der Waals surface area contributed by atoms with E-state index in [1.165, 1.54) is 11.1 Å². The van der Waals surface area contributed by atoms with E-state index in [1.54, 1.807) is 7.11 Å². The monoisotopic (exact) mass is 456 g/mol. The Bertz CT molecular complexity index is 1020. The average molecular weight is 457 g/mol. The normalized spacial score (nSPS) is 22.3. The molecule has 0 radical (unpaired) electrons. The van der Waals surface area contributed by atoms with Gasteiger partial charge in [-0.25, -0.2) is 0 Å². The third-order valence-electron chi connectivity index (χ3n) is 6.39. The Kier molecular flexibility index (Phi) is 5.99. The lowest BCUT2D eigenvalue weighted by atomic mass is 9.86. The second kappa shape index (κ2) is 8.41. The largest absolute Gasteiger partial charge is 0.383 e. The quantitative estimate of drug-likeness (QED) is 0.639. The van der Waals surface area contributed by atoms with Crippen LogP contribution in [0.15, 0.2) is 42.6 Å². The van der Waals surface area contributed by atoms with Crippen molar-refractivity contribution in [1.82, 2.24) is 15.2 Å². The number of ether oxygens (including phenoxy) is 1. The van der Waals surface area contributed by atoms with Crippen molar-refractivity contribution < 1.29 is 4.74 Å². The van der Waals surface area contributed by atoms with Gasteiger partial charge in [-0.1, -0.05) is 23.7 Å². The maximum atomic E-state index is 6.95. The van der Waals surface area contributed by atoms with Gasteiger partial charge < -0.3 is 19.9 Å². The number of benzene rings is 1. The molecule has 1 aromatic carbocycles. The van der Waals surface area contributed by atoms with Crippen molar-refractivity contribution in [1.29, 1.82) is 0 Å². The number of hydrogen-bond donors (Lipinski definition) is 1. The molecular weight excluding hydrogens is 428 g/mol. The van der Waals surface area contributed by atoms with Crippen molar-refractivity contribution in [2.24, 2.45) is 0 Å². The zero-order valence-electron chi connectivity index (χ0n) is 18.6. The number of hydrogen-bond acceptors (Lipinski definition) is 4. The van der Waals surface area contributed by atoms with Crippen LogP contribution in [0.25, 0.3) is 5.57 Å². The van der Waals surface area contributed by atoms with E-state index in [1.807, 2.05) is 24.4 Å². The minimum atomic E-state index is -0.0943. The number of allylic oxidation sites excluding steroid dienone is 1. The second-order valence-electron chi connectivity index (χ2n) is 8.74. The van der Waals surface area contributed by atoms with Crippen molar-refractivity contribution in [3.05, 3.63) is 64.4 Å². The summed E-state index contributed by atoms with van der Waals surface area (Å²) < 4.78 is 5.36. The van der Waals surface area contributed by atoms with Gasteiger partial charge in [-0.3, -0.25) is 4.98 Å². The van der Waals surface area contributed by atoms with Gasteiger partial charge in [-0.05, 0) is 68.4 Å². The Morgan fingerprint density at radius 2 is 2.06 bits per heavy atom. The molecule has 0 bridgehead atoms. The number of pyridine rings is 1. The molecule has 0 aliphatic carbocycles. The summed E-state index contributed by atoms with van der Waals surface area (Å²) in [5.41, 5.74) is 5.51. The Morgan fingerprint density at radius 1 is 1.29 bits per heavy atom. The SMILES string of the molecule is COCCN1C(=S)N[C@@H](c2ccccn2)[C@H]1c1cc2c(cc1Cl)N(C)C(C)(C)C=C2C. The van der Waals surface area contributed by atoms with Crippen LogP contribution in [0.3, 0.4) is 0 Å². The lowest BCUT2D eigenvalue weighted by Crippen LogP contribution is -2.42. The molecule has 1 fully saturated rings. The number of aromatic nitrogens is 1. The Balaban J connectivity index is 1.84. The number of rotatable bonds is 5. The van der Waals surface area contributed by atoms with E-state index in [-0.39, 0.29) is 17.6 Å². The average Bonchev–Trinajstić information content (AvgIpc) is 3.06. The fourth-order valence-corrected chi connectivity index (χ4v) is 5.19. The Morgan fingerprint density at radius 3 is 2.74 bits per heavy atom. The number of likely N-dealkylation sites (N-methyl/N-ethyl adjacent to an activating group) is 1. The third kappa shape index (κ3) is 3.93. The first-order valence-corrected chi connectivity index (χ1v) is 11.3. The van der Waals surface area contributed by atoms with Crippen LogP contribution in [0.5, 0.6) is 0 Å². The third-order valence-corrected chi connectivity index (χ3v) is 7.07. The summed E-state index contributed by atoms with van der Waals surface area (Å²) in [5, 5.41) is 4.90. The summed E-state index contributed by atoms with van der Waals surface area (Å²) in [6.45, 7) is 7.84. The first-order chi connectivity index (χ1) is 14.7. The topological polar surface area (TPSA) is 40.6 Å². The predicted molar refractivity (Wildman–Crippen MR) is 132 cm³/mol. The van der Waals surface area contributed by atoms with Crippen molar-refractivity contribution in [3.8, 4) is 0 Å². The second-order valence-corrected chi connectivity index (χ2v) is 9.54. The molecule has 7 heteroatoms. The molecule has 5 nitrogen and oxygen atoms in total. The fraction of sp³-hybridized carbons (Fsp3) is 0.417. The summed E-state index contributed by atoms with van der Waals surface area (Å²) >= 11 is 12.7. The molecule has 31 heavy (non-hydrogen) atoms. The molecule has 1 N–H and O–H groups in total. The van der Waals surface area contributed by atoms with E-state index in [9.17, 15) is 0 Å². The van der Waals surface area contributed by atoms with E-state index in [2.05, 4.69) is 66.1 Å². The predicted octanol–water partition coefficient (Wildman–Crippen LogP) is 4.99.